The molecule has 1 atom stereocenters. The Kier molecular flexibility index (Phi) is 6.01. The zero-order valence-corrected chi connectivity index (χ0v) is 14.8. The largest absolute Gasteiger partial charge is 0.417 e. The number of halogens is 3. The maximum atomic E-state index is 12.7. The Balaban J connectivity index is 2.30. The lowest BCUT2D eigenvalue weighted by Gasteiger charge is -2.13. The highest BCUT2D eigenvalue weighted by molar-refractivity contribution is 5.95. The minimum absolute atomic E-state index is 0.0288. The van der Waals surface area contributed by atoms with Crippen LogP contribution in [-0.2, 0) is 6.18 Å². The summed E-state index contributed by atoms with van der Waals surface area (Å²) < 4.78 is 39.5. The van der Waals surface area contributed by atoms with Crippen LogP contribution < -0.4 is 11.1 Å². The van der Waals surface area contributed by atoms with Crippen LogP contribution in [0.2, 0.25) is 0 Å². The summed E-state index contributed by atoms with van der Waals surface area (Å²) in [6.07, 6.45) is -1.67. The van der Waals surface area contributed by atoms with E-state index in [0.29, 0.717) is 24.2 Å². The molecule has 0 saturated carbocycles. The van der Waals surface area contributed by atoms with Crippen LogP contribution >= 0.6 is 0 Å². The molecule has 142 valence electrons. The van der Waals surface area contributed by atoms with Crippen molar-refractivity contribution in [2.75, 3.05) is 6.54 Å². The second-order valence-electron chi connectivity index (χ2n) is 6.43. The van der Waals surface area contributed by atoms with Crippen LogP contribution in [0.1, 0.15) is 54.7 Å². The Morgan fingerprint density at radius 2 is 1.96 bits per heavy atom. The van der Waals surface area contributed by atoms with Gasteiger partial charge < -0.3 is 11.1 Å². The summed E-state index contributed by atoms with van der Waals surface area (Å²) in [7, 11) is 0. The summed E-state index contributed by atoms with van der Waals surface area (Å²) in [5.41, 5.74) is 5.77. The first-order valence-corrected chi connectivity index (χ1v) is 8.26. The van der Waals surface area contributed by atoms with E-state index in [9.17, 15) is 18.0 Å². The number of nitrogens with two attached hydrogens (primary N) is 1. The summed E-state index contributed by atoms with van der Waals surface area (Å²) in [5.74, 6) is -0.167. The fraction of sp³-hybridized carbons (Fsp3) is 0.471. The smallest absolute Gasteiger partial charge is 0.352 e. The summed E-state index contributed by atoms with van der Waals surface area (Å²) in [6, 6.07) is 2.15. The molecule has 1 amide bonds. The number of hydrogen-bond acceptors (Lipinski definition) is 4. The highest BCUT2D eigenvalue weighted by Crippen LogP contribution is 2.29. The van der Waals surface area contributed by atoms with Gasteiger partial charge in [-0.15, -0.1) is 0 Å². The number of pyridine rings is 1. The minimum Gasteiger partial charge on any atom is -0.352 e. The van der Waals surface area contributed by atoms with Gasteiger partial charge in [0, 0.05) is 18.8 Å². The van der Waals surface area contributed by atoms with Gasteiger partial charge in [-0.3, -0.25) is 4.79 Å². The van der Waals surface area contributed by atoms with Crippen LogP contribution in [0.3, 0.4) is 0 Å². The summed E-state index contributed by atoms with van der Waals surface area (Å²) in [4.78, 5) is 16.3. The zero-order chi connectivity index (χ0) is 19.5. The number of aromatic nitrogens is 3. The molecule has 0 radical (unpaired) electrons. The molecule has 3 N–H and O–H groups in total. The number of hydrogen-bond donors (Lipinski definition) is 2. The molecule has 0 fully saturated rings. The molecule has 26 heavy (non-hydrogen) atoms. The van der Waals surface area contributed by atoms with Crippen molar-refractivity contribution in [3.05, 3.63) is 41.3 Å². The van der Waals surface area contributed by atoms with E-state index in [0.717, 1.165) is 12.3 Å². The minimum atomic E-state index is -4.46. The number of nitrogens with one attached hydrogen (secondary N) is 1. The van der Waals surface area contributed by atoms with E-state index < -0.39 is 11.7 Å². The van der Waals surface area contributed by atoms with E-state index >= 15 is 0 Å². The number of amides is 1. The summed E-state index contributed by atoms with van der Waals surface area (Å²) in [5, 5.41) is 6.93. The molecule has 1 unspecified atom stereocenters. The molecule has 0 saturated heterocycles. The normalized spacial score (nSPS) is 13.1. The second kappa shape index (κ2) is 7.86. The van der Waals surface area contributed by atoms with Gasteiger partial charge in [0.05, 0.1) is 23.0 Å². The molecule has 2 aromatic heterocycles. The molecule has 0 bridgehead atoms. The average Bonchev–Trinajstić information content (AvgIpc) is 2.99. The molecular formula is C17H22F3N5O. The monoisotopic (exact) mass is 369 g/mol. The highest BCUT2D eigenvalue weighted by atomic mass is 19.4. The molecule has 0 spiro atoms. The molecule has 0 aliphatic carbocycles. The van der Waals surface area contributed by atoms with Crippen molar-refractivity contribution in [3.63, 3.8) is 0 Å². The van der Waals surface area contributed by atoms with Gasteiger partial charge in [0.2, 0.25) is 0 Å². The van der Waals surface area contributed by atoms with Crippen molar-refractivity contribution in [2.45, 2.75) is 45.3 Å². The number of carbonyl (C=O) groups excluding carboxylic acids is 1. The molecule has 0 aliphatic heterocycles. The topological polar surface area (TPSA) is 85.8 Å². The molecule has 2 rings (SSSR count). The lowest BCUT2D eigenvalue weighted by molar-refractivity contribution is -0.137. The van der Waals surface area contributed by atoms with Gasteiger partial charge in [-0.2, -0.15) is 18.3 Å². The van der Waals surface area contributed by atoms with Crippen molar-refractivity contribution in [2.24, 2.45) is 5.73 Å². The first-order chi connectivity index (χ1) is 12.1. The molecule has 0 aliphatic rings. The van der Waals surface area contributed by atoms with Crippen LogP contribution in [0, 0.1) is 0 Å². The SMILES string of the molecule is CC(N)CCNC(=O)c1cnn(-c2ccc(C(F)(F)F)cn2)c1C(C)C. The maximum absolute atomic E-state index is 12.7. The Bertz CT molecular complexity index is 751. The zero-order valence-electron chi connectivity index (χ0n) is 14.8. The van der Waals surface area contributed by atoms with Gasteiger partial charge in [0.15, 0.2) is 5.82 Å². The predicted octanol–water partition coefficient (Wildman–Crippen LogP) is 2.88. The quantitative estimate of drug-likeness (QED) is 0.820. The number of carbonyl (C=O) groups is 1. The molecular weight excluding hydrogens is 347 g/mol. The van der Waals surface area contributed by atoms with E-state index in [1.165, 1.54) is 16.9 Å². The van der Waals surface area contributed by atoms with Crippen molar-refractivity contribution < 1.29 is 18.0 Å². The number of nitrogens with zero attached hydrogens (tertiary/aromatic N) is 3. The average molecular weight is 369 g/mol. The molecule has 6 nitrogen and oxygen atoms in total. The first kappa shape index (κ1) is 19.9. The Labute approximate surface area is 149 Å². The van der Waals surface area contributed by atoms with Crippen molar-refractivity contribution in [3.8, 4) is 5.82 Å². The fourth-order valence-corrected chi connectivity index (χ4v) is 2.46. The van der Waals surface area contributed by atoms with Gasteiger partial charge in [0.1, 0.15) is 0 Å². The van der Waals surface area contributed by atoms with Crippen LogP contribution in [0.15, 0.2) is 24.5 Å². The van der Waals surface area contributed by atoms with E-state index in [4.69, 9.17) is 5.73 Å². The van der Waals surface area contributed by atoms with Crippen molar-refractivity contribution >= 4 is 5.91 Å². The second-order valence-corrected chi connectivity index (χ2v) is 6.43. The van der Waals surface area contributed by atoms with Gasteiger partial charge >= 0.3 is 6.18 Å². The third-order valence-corrected chi connectivity index (χ3v) is 3.78. The first-order valence-electron chi connectivity index (χ1n) is 8.26. The summed E-state index contributed by atoms with van der Waals surface area (Å²) in [6.45, 7) is 6.02. The van der Waals surface area contributed by atoms with Crippen LogP contribution in [0.5, 0.6) is 0 Å². The summed E-state index contributed by atoms with van der Waals surface area (Å²) >= 11 is 0. The van der Waals surface area contributed by atoms with E-state index in [1.54, 1.807) is 0 Å². The lowest BCUT2D eigenvalue weighted by atomic mass is 10.1. The predicted molar refractivity (Wildman–Crippen MR) is 91.0 cm³/mol. The van der Waals surface area contributed by atoms with Gasteiger partial charge in [-0.1, -0.05) is 13.8 Å². The highest BCUT2D eigenvalue weighted by Gasteiger charge is 2.31. The third-order valence-electron chi connectivity index (χ3n) is 3.78. The van der Waals surface area contributed by atoms with Crippen LogP contribution in [0.4, 0.5) is 13.2 Å². The standard InChI is InChI=1S/C17H22F3N5O/c1-10(2)15-13(16(26)22-7-6-11(3)21)9-24-25(15)14-5-4-12(8-23-14)17(18,19)20/h4-5,8-11H,6-7,21H2,1-3H3,(H,22,26). The van der Waals surface area contributed by atoms with E-state index in [2.05, 4.69) is 15.4 Å². The van der Waals surface area contributed by atoms with E-state index in [1.807, 2.05) is 20.8 Å². The van der Waals surface area contributed by atoms with E-state index in [-0.39, 0.29) is 23.7 Å². The lowest BCUT2D eigenvalue weighted by Crippen LogP contribution is -2.29. The van der Waals surface area contributed by atoms with Crippen molar-refractivity contribution in [1.29, 1.82) is 0 Å². The van der Waals surface area contributed by atoms with Gasteiger partial charge in [0.25, 0.3) is 5.91 Å². The number of alkyl halides is 3. The van der Waals surface area contributed by atoms with Crippen LogP contribution in [0.25, 0.3) is 5.82 Å². The third kappa shape index (κ3) is 4.60. The molecule has 2 heterocycles. The maximum Gasteiger partial charge on any atom is 0.417 e. The van der Waals surface area contributed by atoms with Gasteiger partial charge in [-0.25, -0.2) is 9.67 Å². The molecule has 0 aromatic carbocycles. The van der Waals surface area contributed by atoms with Crippen molar-refractivity contribution in [1.82, 2.24) is 20.1 Å². The number of rotatable bonds is 6. The molecule has 2 aromatic rings. The Hall–Kier alpha value is -2.42. The van der Waals surface area contributed by atoms with Gasteiger partial charge in [-0.05, 0) is 31.4 Å². The Morgan fingerprint density at radius 3 is 2.46 bits per heavy atom. The Morgan fingerprint density at radius 1 is 1.27 bits per heavy atom. The molecule has 9 heteroatoms. The van der Waals surface area contributed by atoms with Crippen LogP contribution in [-0.4, -0.2) is 33.3 Å². The fourth-order valence-electron chi connectivity index (χ4n) is 2.46.